The zero-order valence-electron chi connectivity index (χ0n) is 11.8. The van der Waals surface area contributed by atoms with Crippen LogP contribution in [0.1, 0.15) is 53.4 Å². The van der Waals surface area contributed by atoms with E-state index in [2.05, 4.69) is 12.2 Å². The molecule has 0 radical (unpaired) electrons. The van der Waals surface area contributed by atoms with Crippen molar-refractivity contribution in [2.75, 3.05) is 13.2 Å². The van der Waals surface area contributed by atoms with Crippen LogP contribution in [-0.4, -0.2) is 36.0 Å². The third-order valence-corrected chi connectivity index (χ3v) is 4.02. The number of ether oxygens (including phenoxy) is 1. The largest absolute Gasteiger partial charge is 0.388 e. The summed E-state index contributed by atoms with van der Waals surface area (Å²) in [7, 11) is 0. The van der Waals surface area contributed by atoms with Crippen LogP contribution in [-0.2, 0) is 4.74 Å². The average Bonchev–Trinajstić information content (AvgIpc) is 2.28. The molecule has 0 aromatic rings. The fourth-order valence-electron chi connectivity index (χ4n) is 2.18. The molecular weight excluding hydrogens is 214 g/mol. The van der Waals surface area contributed by atoms with Crippen LogP contribution < -0.4 is 5.32 Å². The normalized spacial score (nSPS) is 29.3. The molecule has 0 bridgehead atoms. The van der Waals surface area contributed by atoms with E-state index in [0.717, 1.165) is 19.4 Å². The fraction of sp³-hybridized carbons (Fsp3) is 1.00. The first kappa shape index (κ1) is 14.9. The van der Waals surface area contributed by atoms with Crippen molar-refractivity contribution in [2.45, 2.75) is 71.1 Å². The van der Waals surface area contributed by atoms with Gasteiger partial charge in [0.1, 0.15) is 0 Å². The molecule has 3 heteroatoms. The van der Waals surface area contributed by atoms with Crippen molar-refractivity contribution in [3.8, 4) is 0 Å². The van der Waals surface area contributed by atoms with E-state index in [-0.39, 0.29) is 5.92 Å². The van der Waals surface area contributed by atoms with E-state index in [9.17, 15) is 5.11 Å². The quantitative estimate of drug-likeness (QED) is 0.752. The third-order valence-electron chi connectivity index (χ3n) is 4.02. The monoisotopic (exact) mass is 243 g/mol. The maximum Gasteiger partial charge on any atom is 0.0875 e. The van der Waals surface area contributed by atoms with E-state index in [1.54, 1.807) is 0 Å². The molecule has 1 aliphatic rings. The van der Waals surface area contributed by atoms with Gasteiger partial charge in [-0.15, -0.1) is 0 Å². The highest BCUT2D eigenvalue weighted by atomic mass is 16.5. The molecule has 1 aliphatic carbocycles. The Hall–Kier alpha value is -0.120. The predicted molar refractivity (Wildman–Crippen MR) is 71.1 cm³/mol. The molecule has 1 rings (SSSR count). The van der Waals surface area contributed by atoms with E-state index < -0.39 is 5.60 Å². The molecule has 0 spiro atoms. The maximum atomic E-state index is 10.1. The van der Waals surface area contributed by atoms with Crippen LogP contribution in [0.4, 0.5) is 0 Å². The Labute approximate surface area is 106 Å². The van der Waals surface area contributed by atoms with E-state index in [1.807, 2.05) is 20.8 Å². The summed E-state index contributed by atoms with van der Waals surface area (Å²) in [6.45, 7) is 9.60. The average molecular weight is 243 g/mol. The van der Waals surface area contributed by atoms with E-state index in [1.165, 1.54) is 12.8 Å². The van der Waals surface area contributed by atoms with Crippen molar-refractivity contribution >= 4 is 0 Å². The fourth-order valence-corrected chi connectivity index (χ4v) is 2.18. The topological polar surface area (TPSA) is 41.5 Å². The molecule has 0 saturated heterocycles. The van der Waals surface area contributed by atoms with E-state index >= 15 is 0 Å². The highest BCUT2D eigenvalue weighted by molar-refractivity contribution is 4.80. The molecule has 0 aromatic heterocycles. The Morgan fingerprint density at radius 3 is 2.35 bits per heavy atom. The van der Waals surface area contributed by atoms with Gasteiger partial charge in [0.15, 0.2) is 0 Å². The first-order chi connectivity index (χ1) is 7.95. The molecular formula is C14H29NO2. The molecule has 0 aromatic carbocycles. The molecule has 1 saturated carbocycles. The van der Waals surface area contributed by atoms with Gasteiger partial charge in [0.2, 0.25) is 0 Å². The van der Waals surface area contributed by atoms with Crippen LogP contribution in [0.5, 0.6) is 0 Å². The van der Waals surface area contributed by atoms with Gasteiger partial charge in [-0.2, -0.15) is 0 Å². The lowest BCUT2D eigenvalue weighted by Gasteiger charge is -2.33. The van der Waals surface area contributed by atoms with Gasteiger partial charge >= 0.3 is 0 Å². The maximum absolute atomic E-state index is 10.1. The molecule has 0 aliphatic heterocycles. The molecule has 1 fully saturated rings. The summed E-state index contributed by atoms with van der Waals surface area (Å²) < 4.78 is 5.86. The van der Waals surface area contributed by atoms with Gasteiger partial charge in [0.05, 0.1) is 18.3 Å². The lowest BCUT2D eigenvalue weighted by atomic mass is 9.91. The summed E-state index contributed by atoms with van der Waals surface area (Å²) in [5.74, 6) is 0.237. The van der Waals surface area contributed by atoms with Gasteiger partial charge in [0.25, 0.3) is 0 Å². The van der Waals surface area contributed by atoms with Crippen LogP contribution in [0.25, 0.3) is 0 Å². The lowest BCUT2D eigenvalue weighted by molar-refractivity contribution is -0.0943. The summed E-state index contributed by atoms with van der Waals surface area (Å²) in [5.41, 5.74) is -0.696. The number of hydrogen-bond donors (Lipinski definition) is 2. The molecule has 1 unspecified atom stereocenters. The first-order valence-electron chi connectivity index (χ1n) is 7.03. The smallest absolute Gasteiger partial charge is 0.0875 e. The summed E-state index contributed by atoms with van der Waals surface area (Å²) in [6, 6.07) is 0.672. The van der Waals surface area contributed by atoms with Crippen LogP contribution in [0.3, 0.4) is 0 Å². The van der Waals surface area contributed by atoms with Gasteiger partial charge in [-0.05, 0) is 45.1 Å². The number of rotatable bonds is 6. The number of hydrogen-bond acceptors (Lipinski definition) is 3. The van der Waals surface area contributed by atoms with Gasteiger partial charge < -0.3 is 15.2 Å². The van der Waals surface area contributed by atoms with Crippen molar-refractivity contribution < 1.29 is 9.84 Å². The molecule has 0 amide bonds. The summed E-state index contributed by atoms with van der Waals surface area (Å²) in [6.07, 6.45) is 4.97. The van der Waals surface area contributed by atoms with E-state index in [4.69, 9.17) is 4.74 Å². The zero-order chi connectivity index (χ0) is 12.9. The van der Waals surface area contributed by atoms with Gasteiger partial charge in [-0.3, -0.25) is 0 Å². The predicted octanol–water partition coefficient (Wildman–Crippen LogP) is 2.33. The number of nitrogens with one attached hydrogen (secondary N) is 1. The van der Waals surface area contributed by atoms with Crippen LogP contribution >= 0.6 is 0 Å². The molecule has 3 nitrogen and oxygen atoms in total. The molecule has 0 heterocycles. The second kappa shape index (κ2) is 6.72. The first-order valence-corrected chi connectivity index (χ1v) is 7.03. The second-order valence-corrected chi connectivity index (χ2v) is 5.85. The SMILES string of the molecule is CCNC1CCC(OCC(C)(O)C(C)C)CC1. The Kier molecular flexibility index (Phi) is 5.90. The van der Waals surface area contributed by atoms with Gasteiger partial charge in [0, 0.05) is 6.04 Å². The van der Waals surface area contributed by atoms with E-state index in [0.29, 0.717) is 18.8 Å². The Bertz CT molecular complexity index is 208. The summed E-state index contributed by atoms with van der Waals surface area (Å²) in [4.78, 5) is 0. The summed E-state index contributed by atoms with van der Waals surface area (Å²) in [5, 5.41) is 13.6. The van der Waals surface area contributed by atoms with Crippen molar-refractivity contribution in [3.63, 3.8) is 0 Å². The highest BCUT2D eigenvalue weighted by Crippen LogP contribution is 2.24. The Balaban J connectivity index is 2.22. The Morgan fingerprint density at radius 1 is 1.29 bits per heavy atom. The number of aliphatic hydroxyl groups is 1. The van der Waals surface area contributed by atoms with Gasteiger partial charge in [-0.25, -0.2) is 0 Å². The van der Waals surface area contributed by atoms with Crippen LogP contribution in [0, 0.1) is 5.92 Å². The van der Waals surface area contributed by atoms with Crippen molar-refractivity contribution in [3.05, 3.63) is 0 Å². The zero-order valence-corrected chi connectivity index (χ0v) is 11.8. The highest BCUT2D eigenvalue weighted by Gasteiger charge is 2.28. The molecule has 2 N–H and O–H groups in total. The van der Waals surface area contributed by atoms with Crippen LogP contribution in [0.15, 0.2) is 0 Å². The Morgan fingerprint density at radius 2 is 1.88 bits per heavy atom. The third kappa shape index (κ3) is 4.94. The molecule has 1 atom stereocenters. The lowest BCUT2D eigenvalue weighted by Crippen LogP contribution is -2.40. The van der Waals surface area contributed by atoms with Crippen molar-refractivity contribution in [1.29, 1.82) is 0 Å². The molecule has 102 valence electrons. The van der Waals surface area contributed by atoms with Crippen LogP contribution in [0.2, 0.25) is 0 Å². The minimum atomic E-state index is -0.696. The minimum absolute atomic E-state index is 0.237. The van der Waals surface area contributed by atoms with Crippen molar-refractivity contribution in [1.82, 2.24) is 5.32 Å². The summed E-state index contributed by atoms with van der Waals surface area (Å²) >= 11 is 0. The minimum Gasteiger partial charge on any atom is -0.388 e. The van der Waals surface area contributed by atoms with Crippen molar-refractivity contribution in [2.24, 2.45) is 5.92 Å². The second-order valence-electron chi connectivity index (χ2n) is 5.85. The molecule has 17 heavy (non-hydrogen) atoms. The standard InChI is InChI=1S/C14H29NO2/c1-5-15-12-6-8-13(9-7-12)17-10-14(4,16)11(2)3/h11-13,15-16H,5-10H2,1-4H3. The van der Waals surface area contributed by atoms with Gasteiger partial charge in [-0.1, -0.05) is 20.8 Å².